The Labute approximate surface area is 153 Å². The minimum absolute atomic E-state index is 0. The van der Waals surface area contributed by atoms with Crippen molar-refractivity contribution in [2.75, 3.05) is 26.7 Å². The van der Waals surface area contributed by atoms with Gasteiger partial charge < -0.3 is 15.1 Å². The van der Waals surface area contributed by atoms with E-state index >= 15 is 0 Å². The average Bonchev–Trinajstić information content (AvgIpc) is 3.10. The highest BCUT2D eigenvalue weighted by Crippen LogP contribution is 2.15. The molecule has 1 heterocycles. The van der Waals surface area contributed by atoms with Gasteiger partial charge in [0.05, 0.1) is 0 Å². The van der Waals surface area contributed by atoms with Gasteiger partial charge in [0.1, 0.15) is 0 Å². The van der Waals surface area contributed by atoms with E-state index in [9.17, 15) is 13.2 Å². The minimum Gasteiger partial charge on any atom is -0.438 e. The standard InChI is InChI=1S/C16H21N3O4S.ClH/c1-18-24(21,22)15-8-7-14(23-15)16(20)19(12-10-17)11-9-13-5-3-2-4-6-13;/h2-8,18H,9-12,17H2,1H3;1H. The molecule has 138 valence electrons. The summed E-state index contributed by atoms with van der Waals surface area (Å²) in [7, 11) is -2.44. The Morgan fingerprint density at radius 3 is 2.44 bits per heavy atom. The van der Waals surface area contributed by atoms with Gasteiger partial charge in [-0.3, -0.25) is 4.79 Å². The van der Waals surface area contributed by atoms with E-state index < -0.39 is 10.0 Å². The van der Waals surface area contributed by atoms with Crippen molar-refractivity contribution in [3.63, 3.8) is 0 Å². The first-order chi connectivity index (χ1) is 11.5. The summed E-state index contributed by atoms with van der Waals surface area (Å²) in [6, 6.07) is 12.4. The first kappa shape index (κ1) is 21.2. The van der Waals surface area contributed by atoms with Crippen LogP contribution in [0.1, 0.15) is 16.1 Å². The molecule has 7 nitrogen and oxygen atoms in total. The van der Waals surface area contributed by atoms with Crippen LogP contribution in [0.2, 0.25) is 0 Å². The van der Waals surface area contributed by atoms with Gasteiger partial charge in [-0.25, -0.2) is 13.1 Å². The smallest absolute Gasteiger partial charge is 0.289 e. The number of benzene rings is 1. The maximum atomic E-state index is 12.5. The number of carbonyl (C=O) groups excluding carboxylic acids is 1. The monoisotopic (exact) mass is 387 g/mol. The van der Waals surface area contributed by atoms with Gasteiger partial charge >= 0.3 is 0 Å². The lowest BCUT2D eigenvalue weighted by atomic mass is 10.1. The van der Waals surface area contributed by atoms with E-state index in [1.54, 1.807) is 4.90 Å². The predicted octanol–water partition coefficient (Wildman–Crippen LogP) is 1.25. The van der Waals surface area contributed by atoms with Crippen LogP contribution in [0.4, 0.5) is 0 Å². The van der Waals surface area contributed by atoms with E-state index in [1.807, 2.05) is 30.3 Å². The number of furan rings is 1. The van der Waals surface area contributed by atoms with Crippen LogP contribution in [-0.4, -0.2) is 45.9 Å². The lowest BCUT2D eigenvalue weighted by Gasteiger charge is -2.20. The third-order valence-electron chi connectivity index (χ3n) is 3.53. The highest BCUT2D eigenvalue weighted by Gasteiger charge is 2.22. The van der Waals surface area contributed by atoms with E-state index in [0.717, 1.165) is 5.56 Å². The highest BCUT2D eigenvalue weighted by atomic mass is 35.5. The fourth-order valence-electron chi connectivity index (χ4n) is 2.22. The summed E-state index contributed by atoms with van der Waals surface area (Å²) in [6.45, 7) is 1.14. The van der Waals surface area contributed by atoms with Gasteiger partial charge in [-0.2, -0.15) is 0 Å². The summed E-state index contributed by atoms with van der Waals surface area (Å²) in [6.07, 6.45) is 0.676. The Hall–Kier alpha value is -1.87. The molecule has 9 heteroatoms. The van der Waals surface area contributed by atoms with Gasteiger partial charge in [-0.15, -0.1) is 12.4 Å². The molecule has 1 amide bonds. The van der Waals surface area contributed by atoms with Crippen molar-refractivity contribution in [2.24, 2.45) is 5.73 Å². The molecule has 0 unspecified atom stereocenters. The normalized spacial score (nSPS) is 11.0. The molecule has 2 rings (SSSR count). The maximum absolute atomic E-state index is 12.5. The molecule has 0 atom stereocenters. The number of hydrogen-bond acceptors (Lipinski definition) is 5. The summed E-state index contributed by atoms with van der Waals surface area (Å²) in [5.41, 5.74) is 6.68. The summed E-state index contributed by atoms with van der Waals surface area (Å²) in [5, 5.41) is -0.288. The molecular weight excluding hydrogens is 366 g/mol. The van der Waals surface area contributed by atoms with Crippen LogP contribution in [0.15, 0.2) is 52.0 Å². The lowest BCUT2D eigenvalue weighted by molar-refractivity contribution is 0.0724. The molecule has 0 fully saturated rings. The zero-order valence-electron chi connectivity index (χ0n) is 13.8. The van der Waals surface area contributed by atoms with Crippen molar-refractivity contribution < 1.29 is 17.6 Å². The molecule has 0 radical (unpaired) electrons. The average molecular weight is 388 g/mol. The topological polar surface area (TPSA) is 106 Å². The summed E-state index contributed by atoms with van der Waals surface area (Å²) >= 11 is 0. The number of nitrogens with two attached hydrogens (primary N) is 1. The van der Waals surface area contributed by atoms with Crippen molar-refractivity contribution in [3.05, 3.63) is 53.8 Å². The molecule has 1 aromatic carbocycles. The fraction of sp³-hybridized carbons (Fsp3) is 0.312. The maximum Gasteiger partial charge on any atom is 0.289 e. The van der Waals surface area contributed by atoms with Gasteiger partial charge in [0.25, 0.3) is 15.9 Å². The van der Waals surface area contributed by atoms with Gasteiger partial charge in [0, 0.05) is 19.6 Å². The molecule has 0 aliphatic rings. The summed E-state index contributed by atoms with van der Waals surface area (Å²) in [5.74, 6) is -0.403. The van der Waals surface area contributed by atoms with Crippen LogP contribution < -0.4 is 10.5 Å². The largest absolute Gasteiger partial charge is 0.438 e. The summed E-state index contributed by atoms with van der Waals surface area (Å²) < 4.78 is 30.7. The highest BCUT2D eigenvalue weighted by molar-refractivity contribution is 7.89. The second kappa shape index (κ2) is 9.57. The number of nitrogens with zero attached hydrogens (tertiary/aromatic N) is 1. The molecule has 2 aromatic rings. The fourth-order valence-corrected chi connectivity index (χ4v) is 2.86. The first-order valence-corrected chi connectivity index (χ1v) is 9.03. The number of halogens is 1. The Morgan fingerprint density at radius 2 is 1.84 bits per heavy atom. The van der Waals surface area contributed by atoms with E-state index in [0.29, 0.717) is 26.1 Å². The predicted molar refractivity (Wildman–Crippen MR) is 97.3 cm³/mol. The number of hydrogen-bond donors (Lipinski definition) is 2. The zero-order chi connectivity index (χ0) is 17.6. The van der Waals surface area contributed by atoms with Crippen LogP contribution in [0.5, 0.6) is 0 Å². The minimum atomic E-state index is -3.72. The van der Waals surface area contributed by atoms with Crippen molar-refractivity contribution in [3.8, 4) is 0 Å². The Balaban J connectivity index is 0.00000312. The Kier molecular flexibility index (Phi) is 8.11. The molecule has 0 spiro atoms. The van der Waals surface area contributed by atoms with Crippen molar-refractivity contribution in [1.29, 1.82) is 0 Å². The summed E-state index contributed by atoms with van der Waals surface area (Å²) in [4.78, 5) is 14.1. The number of rotatable bonds is 8. The third kappa shape index (κ3) is 5.57. The van der Waals surface area contributed by atoms with Crippen LogP contribution in [0.3, 0.4) is 0 Å². The number of amides is 1. The lowest BCUT2D eigenvalue weighted by Crippen LogP contribution is -2.36. The van der Waals surface area contributed by atoms with E-state index in [1.165, 1.54) is 19.2 Å². The quantitative estimate of drug-likeness (QED) is 0.709. The molecule has 0 aliphatic carbocycles. The number of nitrogens with one attached hydrogen (secondary N) is 1. The van der Waals surface area contributed by atoms with E-state index in [2.05, 4.69) is 4.72 Å². The van der Waals surface area contributed by atoms with Gasteiger partial charge in [-0.1, -0.05) is 30.3 Å². The van der Waals surface area contributed by atoms with Crippen LogP contribution >= 0.6 is 12.4 Å². The molecule has 0 aliphatic heterocycles. The van der Waals surface area contributed by atoms with Gasteiger partial charge in [-0.05, 0) is 31.2 Å². The molecule has 1 aromatic heterocycles. The second-order valence-corrected chi connectivity index (χ2v) is 6.96. The van der Waals surface area contributed by atoms with Crippen molar-refractivity contribution in [2.45, 2.75) is 11.5 Å². The van der Waals surface area contributed by atoms with Crippen LogP contribution in [-0.2, 0) is 16.4 Å². The molecule has 3 N–H and O–H groups in total. The van der Waals surface area contributed by atoms with Gasteiger partial charge in [0.15, 0.2) is 5.76 Å². The number of carbonyl (C=O) groups is 1. The molecule has 0 saturated heterocycles. The Morgan fingerprint density at radius 1 is 1.16 bits per heavy atom. The molecule has 0 saturated carbocycles. The first-order valence-electron chi connectivity index (χ1n) is 7.54. The second-order valence-electron chi connectivity index (χ2n) is 5.14. The van der Waals surface area contributed by atoms with Gasteiger partial charge in [0.2, 0.25) is 5.09 Å². The van der Waals surface area contributed by atoms with Crippen LogP contribution in [0, 0.1) is 0 Å². The van der Waals surface area contributed by atoms with Crippen LogP contribution in [0.25, 0.3) is 0 Å². The zero-order valence-corrected chi connectivity index (χ0v) is 15.5. The van der Waals surface area contributed by atoms with Crippen molar-refractivity contribution >= 4 is 28.3 Å². The molecule has 25 heavy (non-hydrogen) atoms. The number of sulfonamides is 1. The van der Waals surface area contributed by atoms with Crippen molar-refractivity contribution in [1.82, 2.24) is 9.62 Å². The van der Waals surface area contributed by atoms with E-state index in [4.69, 9.17) is 10.2 Å². The Bertz CT molecular complexity index is 778. The van der Waals surface area contributed by atoms with E-state index in [-0.39, 0.29) is 29.2 Å². The SMILES string of the molecule is CNS(=O)(=O)c1ccc(C(=O)N(CCN)CCc2ccccc2)o1.Cl. The molecular formula is C16H22ClN3O4S. The third-order valence-corrected chi connectivity index (χ3v) is 4.81. The molecule has 0 bridgehead atoms.